The lowest BCUT2D eigenvalue weighted by atomic mass is 10.1. The Hall–Kier alpha value is -2.45. The molecular formula is C20H23N5O2S. The summed E-state index contributed by atoms with van der Waals surface area (Å²) in [7, 11) is 2.15. The van der Waals surface area contributed by atoms with Gasteiger partial charge in [0.05, 0.1) is 11.6 Å². The lowest BCUT2D eigenvalue weighted by Crippen LogP contribution is -2.44. The van der Waals surface area contributed by atoms with E-state index in [1.54, 1.807) is 6.20 Å². The van der Waals surface area contributed by atoms with Crippen molar-refractivity contribution in [1.29, 1.82) is 0 Å². The highest BCUT2D eigenvalue weighted by Gasteiger charge is 2.23. The third-order valence-electron chi connectivity index (χ3n) is 5.64. The van der Waals surface area contributed by atoms with E-state index in [4.69, 9.17) is 4.52 Å². The summed E-state index contributed by atoms with van der Waals surface area (Å²) >= 11 is 1.39. The predicted molar refractivity (Wildman–Crippen MR) is 110 cm³/mol. The van der Waals surface area contributed by atoms with Gasteiger partial charge in [0.2, 0.25) is 0 Å². The van der Waals surface area contributed by atoms with Crippen molar-refractivity contribution < 1.29 is 9.32 Å². The van der Waals surface area contributed by atoms with Gasteiger partial charge >= 0.3 is 0 Å². The van der Waals surface area contributed by atoms with Gasteiger partial charge < -0.3 is 19.2 Å². The molecule has 0 atom stereocenters. The summed E-state index contributed by atoms with van der Waals surface area (Å²) < 4.78 is 5.61. The number of fused-ring (bicyclic) bond motifs is 1. The standard InChI is InChI=1S/C20H23N5O2S/c1-23-8-10-24(11-9-23)14-4-5-15-16(12-14)27-22-18(15)19-21-13-17(28-19)20(26)25-6-2-3-7-25/h4-5,12-13H,2-3,6-11H2,1H3. The molecule has 1 amide bonds. The van der Waals surface area contributed by atoms with E-state index in [0.29, 0.717) is 10.6 Å². The molecule has 0 N–H and O–H groups in total. The Labute approximate surface area is 167 Å². The van der Waals surface area contributed by atoms with Crippen molar-refractivity contribution in [2.45, 2.75) is 12.8 Å². The molecule has 2 fully saturated rings. The Morgan fingerprint density at radius 2 is 1.89 bits per heavy atom. The lowest BCUT2D eigenvalue weighted by Gasteiger charge is -2.33. The molecule has 2 aliphatic heterocycles. The highest BCUT2D eigenvalue weighted by molar-refractivity contribution is 7.17. The van der Waals surface area contributed by atoms with Crippen LogP contribution < -0.4 is 4.90 Å². The number of hydrogen-bond acceptors (Lipinski definition) is 7. The number of benzene rings is 1. The normalized spacial score (nSPS) is 18.3. The Morgan fingerprint density at radius 3 is 2.68 bits per heavy atom. The first-order valence-electron chi connectivity index (χ1n) is 9.77. The van der Waals surface area contributed by atoms with Crippen LogP contribution in [0.5, 0.6) is 0 Å². The molecule has 8 heteroatoms. The molecule has 0 bridgehead atoms. The van der Waals surface area contributed by atoms with Crippen molar-refractivity contribution in [2.75, 3.05) is 51.2 Å². The molecule has 4 heterocycles. The molecule has 0 aliphatic carbocycles. The van der Waals surface area contributed by atoms with Gasteiger partial charge in [-0.25, -0.2) is 4.98 Å². The summed E-state index contributed by atoms with van der Waals surface area (Å²) in [6.07, 6.45) is 3.84. The maximum Gasteiger partial charge on any atom is 0.265 e. The van der Waals surface area contributed by atoms with Crippen LogP contribution in [0.4, 0.5) is 5.69 Å². The summed E-state index contributed by atoms with van der Waals surface area (Å²) in [6, 6.07) is 6.23. The average molecular weight is 398 g/mol. The van der Waals surface area contributed by atoms with E-state index < -0.39 is 0 Å². The minimum atomic E-state index is 0.0754. The van der Waals surface area contributed by atoms with Gasteiger partial charge in [0.15, 0.2) is 5.58 Å². The van der Waals surface area contributed by atoms with Crippen molar-refractivity contribution in [1.82, 2.24) is 19.9 Å². The highest BCUT2D eigenvalue weighted by Crippen LogP contribution is 2.33. The summed E-state index contributed by atoms with van der Waals surface area (Å²) in [6.45, 7) is 5.83. The number of amides is 1. The largest absolute Gasteiger partial charge is 0.369 e. The summed E-state index contributed by atoms with van der Waals surface area (Å²) in [5.41, 5.74) is 2.63. The molecule has 7 nitrogen and oxygen atoms in total. The molecule has 0 spiro atoms. The number of anilines is 1. The van der Waals surface area contributed by atoms with Crippen LogP contribution in [0.25, 0.3) is 21.7 Å². The molecule has 0 saturated carbocycles. The Balaban J connectivity index is 1.40. The number of rotatable bonds is 3. The summed E-state index contributed by atoms with van der Waals surface area (Å²) in [5.74, 6) is 0.0754. The number of hydrogen-bond donors (Lipinski definition) is 0. The van der Waals surface area contributed by atoms with E-state index in [-0.39, 0.29) is 5.91 Å². The number of carbonyl (C=O) groups is 1. The first-order valence-corrected chi connectivity index (χ1v) is 10.6. The summed E-state index contributed by atoms with van der Waals surface area (Å²) in [4.78, 5) is 24.3. The number of likely N-dealkylation sites (N-methyl/N-ethyl adjacent to an activating group) is 1. The fourth-order valence-corrected chi connectivity index (χ4v) is 4.78. The Bertz CT molecular complexity index is 999. The maximum atomic E-state index is 12.6. The minimum Gasteiger partial charge on any atom is -0.369 e. The Kier molecular flexibility index (Phi) is 4.52. The zero-order valence-corrected chi connectivity index (χ0v) is 16.7. The van der Waals surface area contributed by atoms with Gasteiger partial charge in [-0.15, -0.1) is 11.3 Å². The number of likely N-dealkylation sites (tertiary alicyclic amines) is 1. The summed E-state index contributed by atoms with van der Waals surface area (Å²) in [5, 5.41) is 5.92. The van der Waals surface area contributed by atoms with Gasteiger partial charge in [0, 0.05) is 51.0 Å². The van der Waals surface area contributed by atoms with Crippen molar-refractivity contribution in [3.63, 3.8) is 0 Å². The molecule has 0 unspecified atom stereocenters. The van der Waals surface area contributed by atoms with Gasteiger partial charge in [-0.2, -0.15) is 0 Å². The zero-order chi connectivity index (χ0) is 19.1. The first kappa shape index (κ1) is 17.6. The highest BCUT2D eigenvalue weighted by atomic mass is 32.1. The van der Waals surface area contributed by atoms with Crippen LogP contribution in [0.2, 0.25) is 0 Å². The van der Waals surface area contributed by atoms with Gasteiger partial charge in [-0.05, 0) is 32.0 Å². The number of aromatic nitrogens is 2. The van der Waals surface area contributed by atoms with Crippen molar-refractivity contribution >= 4 is 33.9 Å². The topological polar surface area (TPSA) is 65.7 Å². The third kappa shape index (κ3) is 3.16. The van der Waals surface area contributed by atoms with E-state index in [1.165, 1.54) is 11.3 Å². The van der Waals surface area contributed by atoms with Crippen LogP contribution in [-0.4, -0.2) is 72.2 Å². The Morgan fingerprint density at radius 1 is 1.11 bits per heavy atom. The quantitative estimate of drug-likeness (QED) is 0.677. The number of carbonyl (C=O) groups excluding carboxylic acids is 1. The molecule has 0 radical (unpaired) electrons. The fraction of sp³-hybridized carbons (Fsp3) is 0.450. The monoisotopic (exact) mass is 397 g/mol. The molecule has 1 aromatic carbocycles. The molecule has 2 saturated heterocycles. The number of piperazine rings is 1. The molecule has 3 aromatic rings. The second-order valence-electron chi connectivity index (χ2n) is 7.53. The first-order chi connectivity index (χ1) is 13.7. The van der Waals surface area contributed by atoms with E-state index in [2.05, 4.69) is 45.2 Å². The van der Waals surface area contributed by atoms with Crippen molar-refractivity contribution in [3.05, 3.63) is 29.3 Å². The SMILES string of the molecule is CN1CCN(c2ccc3c(-c4ncc(C(=O)N5CCCC5)s4)noc3c2)CC1. The van der Waals surface area contributed by atoms with Crippen LogP contribution in [0, 0.1) is 0 Å². The van der Waals surface area contributed by atoms with Crippen LogP contribution in [0.15, 0.2) is 28.9 Å². The zero-order valence-electron chi connectivity index (χ0n) is 15.9. The second-order valence-corrected chi connectivity index (χ2v) is 8.56. The minimum absolute atomic E-state index is 0.0754. The van der Waals surface area contributed by atoms with Crippen molar-refractivity contribution in [3.8, 4) is 10.7 Å². The van der Waals surface area contributed by atoms with Gasteiger partial charge in [-0.1, -0.05) is 5.16 Å². The molecule has 5 rings (SSSR count). The van der Waals surface area contributed by atoms with Crippen LogP contribution in [0.3, 0.4) is 0 Å². The van der Waals surface area contributed by atoms with E-state index in [0.717, 1.165) is 73.8 Å². The van der Waals surface area contributed by atoms with Gasteiger partial charge in [0.25, 0.3) is 5.91 Å². The van der Waals surface area contributed by atoms with Crippen LogP contribution in [0.1, 0.15) is 22.5 Å². The molecule has 2 aromatic heterocycles. The van der Waals surface area contributed by atoms with Gasteiger partial charge in [0.1, 0.15) is 15.6 Å². The van der Waals surface area contributed by atoms with E-state index in [1.807, 2.05) is 4.90 Å². The molecule has 2 aliphatic rings. The maximum absolute atomic E-state index is 12.6. The average Bonchev–Trinajstić information content (AvgIpc) is 3.47. The van der Waals surface area contributed by atoms with Crippen LogP contribution in [-0.2, 0) is 0 Å². The third-order valence-corrected chi connectivity index (χ3v) is 6.63. The fourth-order valence-electron chi connectivity index (χ4n) is 3.90. The lowest BCUT2D eigenvalue weighted by molar-refractivity contribution is 0.0797. The van der Waals surface area contributed by atoms with Crippen LogP contribution >= 0.6 is 11.3 Å². The van der Waals surface area contributed by atoms with E-state index in [9.17, 15) is 4.79 Å². The molecular weight excluding hydrogens is 374 g/mol. The number of thiazole rings is 1. The second kappa shape index (κ2) is 7.18. The van der Waals surface area contributed by atoms with E-state index >= 15 is 0 Å². The molecule has 146 valence electrons. The number of nitrogens with zero attached hydrogens (tertiary/aromatic N) is 5. The van der Waals surface area contributed by atoms with Crippen molar-refractivity contribution in [2.24, 2.45) is 0 Å². The predicted octanol–water partition coefficient (Wildman–Crippen LogP) is 2.94. The smallest absolute Gasteiger partial charge is 0.265 e. The molecule has 28 heavy (non-hydrogen) atoms. The van der Waals surface area contributed by atoms with Gasteiger partial charge in [-0.3, -0.25) is 4.79 Å².